The number of aryl methyl sites for hydroxylation is 1. The largest absolute Gasteiger partial charge is 0.493 e. The van der Waals surface area contributed by atoms with Crippen LogP contribution >= 0.6 is 0 Å². The molecule has 0 bridgehead atoms. The minimum atomic E-state index is -0.691. The molecule has 1 heterocycles. The number of benzene rings is 3. The molecule has 0 radical (unpaired) electrons. The van der Waals surface area contributed by atoms with Crippen molar-refractivity contribution in [2.45, 2.75) is 32.4 Å². The zero-order valence-corrected chi connectivity index (χ0v) is 19.2. The quantitative estimate of drug-likeness (QED) is 0.498. The molecule has 1 fully saturated rings. The predicted octanol–water partition coefficient (Wildman–Crippen LogP) is 5.47. The van der Waals surface area contributed by atoms with Crippen molar-refractivity contribution < 1.29 is 19.4 Å². The molecule has 0 aromatic heterocycles. The van der Waals surface area contributed by atoms with Crippen molar-refractivity contribution >= 4 is 5.97 Å². The second kappa shape index (κ2) is 10.5. The number of aliphatic carboxylic acids is 1. The monoisotopic (exact) mass is 445 g/mol. The lowest BCUT2D eigenvalue weighted by Gasteiger charge is -2.37. The van der Waals surface area contributed by atoms with Crippen molar-refractivity contribution in [2.24, 2.45) is 5.92 Å². The number of piperidine rings is 1. The van der Waals surface area contributed by atoms with Gasteiger partial charge in [0.25, 0.3) is 0 Å². The van der Waals surface area contributed by atoms with E-state index in [-0.39, 0.29) is 12.0 Å². The van der Waals surface area contributed by atoms with E-state index in [1.54, 1.807) is 7.11 Å². The van der Waals surface area contributed by atoms with Crippen molar-refractivity contribution in [1.82, 2.24) is 4.90 Å². The van der Waals surface area contributed by atoms with Gasteiger partial charge in [0.2, 0.25) is 0 Å². The van der Waals surface area contributed by atoms with Gasteiger partial charge in [-0.25, -0.2) is 0 Å². The molecule has 1 saturated heterocycles. The first kappa shape index (κ1) is 22.9. The van der Waals surface area contributed by atoms with Crippen LogP contribution in [0.1, 0.15) is 41.1 Å². The SMILES string of the molecule is COc1cc(C(c2cccc(C)c2)N2CCC(C(=O)O)CC2)ccc1OCc1ccccc1. The number of nitrogens with zero attached hydrogens (tertiary/aromatic N) is 1. The van der Waals surface area contributed by atoms with Gasteiger partial charge in [-0.15, -0.1) is 0 Å². The molecule has 172 valence electrons. The van der Waals surface area contributed by atoms with E-state index in [9.17, 15) is 9.90 Å². The summed E-state index contributed by atoms with van der Waals surface area (Å²) in [5.74, 6) is 0.449. The first-order chi connectivity index (χ1) is 16.0. The Labute approximate surface area is 195 Å². The number of ether oxygens (including phenoxy) is 2. The Balaban J connectivity index is 1.61. The highest BCUT2D eigenvalue weighted by Crippen LogP contribution is 2.37. The Morgan fingerprint density at radius 2 is 1.70 bits per heavy atom. The number of hydrogen-bond donors (Lipinski definition) is 1. The van der Waals surface area contributed by atoms with E-state index >= 15 is 0 Å². The summed E-state index contributed by atoms with van der Waals surface area (Å²) in [6, 6.07) is 24.7. The molecule has 33 heavy (non-hydrogen) atoms. The molecule has 3 aromatic carbocycles. The third-order valence-corrected chi connectivity index (χ3v) is 6.34. The second-order valence-corrected chi connectivity index (χ2v) is 8.65. The molecule has 3 aromatic rings. The van der Waals surface area contributed by atoms with Crippen LogP contribution in [0.5, 0.6) is 11.5 Å². The minimum absolute atomic E-state index is 0.0247. The summed E-state index contributed by atoms with van der Waals surface area (Å²) in [4.78, 5) is 13.8. The van der Waals surface area contributed by atoms with Crippen LogP contribution in [0.15, 0.2) is 72.8 Å². The fourth-order valence-electron chi connectivity index (χ4n) is 4.57. The van der Waals surface area contributed by atoms with Crippen LogP contribution in [0.3, 0.4) is 0 Å². The van der Waals surface area contributed by atoms with Crippen molar-refractivity contribution in [2.75, 3.05) is 20.2 Å². The lowest BCUT2D eigenvalue weighted by Crippen LogP contribution is -2.39. The van der Waals surface area contributed by atoms with Crippen LogP contribution in [0, 0.1) is 12.8 Å². The maximum absolute atomic E-state index is 11.5. The second-order valence-electron chi connectivity index (χ2n) is 8.65. The number of hydrogen-bond acceptors (Lipinski definition) is 4. The molecule has 1 aliphatic heterocycles. The molecule has 0 saturated carbocycles. The highest BCUT2D eigenvalue weighted by Gasteiger charge is 2.30. The zero-order chi connectivity index (χ0) is 23.2. The van der Waals surface area contributed by atoms with Gasteiger partial charge in [0.05, 0.1) is 19.1 Å². The van der Waals surface area contributed by atoms with Crippen LogP contribution < -0.4 is 9.47 Å². The van der Waals surface area contributed by atoms with Crippen LogP contribution in [-0.4, -0.2) is 36.2 Å². The number of carboxylic acid groups (broad SMARTS) is 1. The lowest BCUT2D eigenvalue weighted by molar-refractivity contribution is -0.143. The highest BCUT2D eigenvalue weighted by atomic mass is 16.5. The molecule has 4 rings (SSSR count). The van der Waals surface area contributed by atoms with Gasteiger partial charge in [0.15, 0.2) is 11.5 Å². The third kappa shape index (κ3) is 5.55. The first-order valence-electron chi connectivity index (χ1n) is 11.4. The van der Waals surface area contributed by atoms with E-state index in [0.29, 0.717) is 30.9 Å². The van der Waals surface area contributed by atoms with Gasteiger partial charge < -0.3 is 14.6 Å². The maximum Gasteiger partial charge on any atom is 0.306 e. The first-order valence-corrected chi connectivity index (χ1v) is 11.4. The minimum Gasteiger partial charge on any atom is -0.493 e. The average Bonchev–Trinajstić information content (AvgIpc) is 2.84. The smallest absolute Gasteiger partial charge is 0.306 e. The molecular formula is C28H31NO4. The summed E-state index contributed by atoms with van der Waals surface area (Å²) in [7, 11) is 1.66. The summed E-state index contributed by atoms with van der Waals surface area (Å²) in [6.45, 7) is 4.05. The Hall–Kier alpha value is -3.31. The lowest BCUT2D eigenvalue weighted by atomic mass is 9.90. The number of carbonyl (C=O) groups is 1. The van der Waals surface area contributed by atoms with E-state index in [0.717, 1.165) is 24.2 Å². The summed E-state index contributed by atoms with van der Waals surface area (Å²) < 4.78 is 11.8. The Bertz CT molecular complexity index is 1070. The van der Waals surface area contributed by atoms with E-state index in [1.165, 1.54) is 11.1 Å². The van der Waals surface area contributed by atoms with Gasteiger partial charge in [-0.2, -0.15) is 0 Å². The van der Waals surface area contributed by atoms with Crippen LogP contribution in [0.25, 0.3) is 0 Å². The standard InChI is InChI=1S/C28H31NO4/c1-20-7-6-10-23(17-20)27(29-15-13-22(14-16-29)28(30)31)24-11-12-25(26(18-24)32-2)33-19-21-8-4-3-5-9-21/h3-12,17-18,22,27H,13-16,19H2,1-2H3,(H,30,31). The van der Waals surface area contributed by atoms with Crippen molar-refractivity contribution in [3.8, 4) is 11.5 Å². The van der Waals surface area contributed by atoms with Crippen LogP contribution in [-0.2, 0) is 11.4 Å². The number of likely N-dealkylation sites (tertiary alicyclic amines) is 1. The normalized spacial score (nSPS) is 15.7. The van der Waals surface area contributed by atoms with Gasteiger partial charge in [0.1, 0.15) is 6.61 Å². The maximum atomic E-state index is 11.5. The van der Waals surface area contributed by atoms with Gasteiger partial charge in [-0.3, -0.25) is 9.69 Å². The topological polar surface area (TPSA) is 59.0 Å². The molecule has 5 nitrogen and oxygen atoms in total. The molecule has 0 amide bonds. The Kier molecular flexibility index (Phi) is 7.30. The van der Waals surface area contributed by atoms with Crippen molar-refractivity contribution in [3.05, 3.63) is 95.1 Å². The molecule has 1 aliphatic rings. The Morgan fingerprint density at radius 3 is 2.36 bits per heavy atom. The molecule has 1 N–H and O–H groups in total. The van der Waals surface area contributed by atoms with E-state index < -0.39 is 5.97 Å². The molecule has 0 aliphatic carbocycles. The van der Waals surface area contributed by atoms with Crippen molar-refractivity contribution in [3.63, 3.8) is 0 Å². The fourth-order valence-corrected chi connectivity index (χ4v) is 4.57. The Morgan fingerprint density at radius 1 is 0.970 bits per heavy atom. The predicted molar refractivity (Wildman–Crippen MR) is 129 cm³/mol. The number of carboxylic acids is 1. The summed E-state index contributed by atoms with van der Waals surface area (Å²) in [5.41, 5.74) is 4.61. The fraction of sp³-hybridized carbons (Fsp3) is 0.321. The molecule has 1 unspecified atom stereocenters. The molecule has 1 atom stereocenters. The average molecular weight is 446 g/mol. The van der Waals surface area contributed by atoms with Gasteiger partial charge >= 0.3 is 5.97 Å². The van der Waals surface area contributed by atoms with E-state index in [2.05, 4.69) is 48.2 Å². The molecule has 0 spiro atoms. The molecule has 5 heteroatoms. The van der Waals surface area contributed by atoms with E-state index in [1.807, 2.05) is 36.4 Å². The van der Waals surface area contributed by atoms with Gasteiger partial charge in [-0.05, 0) is 61.7 Å². The van der Waals surface area contributed by atoms with Crippen molar-refractivity contribution in [1.29, 1.82) is 0 Å². The van der Waals surface area contributed by atoms with E-state index in [4.69, 9.17) is 9.47 Å². The summed E-state index contributed by atoms with van der Waals surface area (Å²) in [6.07, 6.45) is 1.32. The number of methoxy groups -OCH3 is 1. The zero-order valence-electron chi connectivity index (χ0n) is 19.2. The molecular weight excluding hydrogens is 414 g/mol. The third-order valence-electron chi connectivity index (χ3n) is 6.34. The van der Waals surface area contributed by atoms with Crippen LogP contribution in [0.4, 0.5) is 0 Å². The van der Waals surface area contributed by atoms with Gasteiger partial charge in [0, 0.05) is 0 Å². The number of rotatable bonds is 8. The summed E-state index contributed by atoms with van der Waals surface area (Å²) in [5, 5.41) is 9.42. The van der Waals surface area contributed by atoms with Crippen LogP contribution in [0.2, 0.25) is 0 Å². The highest BCUT2D eigenvalue weighted by molar-refractivity contribution is 5.70. The summed E-state index contributed by atoms with van der Waals surface area (Å²) >= 11 is 0. The van der Waals surface area contributed by atoms with Gasteiger partial charge in [-0.1, -0.05) is 66.2 Å².